The number of hydrogen-bond acceptors (Lipinski definition) is 5. The van der Waals surface area contributed by atoms with Crippen LogP contribution in [-0.2, 0) is 4.74 Å². The van der Waals surface area contributed by atoms with Crippen molar-refractivity contribution in [3.05, 3.63) is 30.3 Å². The molecule has 1 unspecified atom stereocenters. The number of ether oxygens (including phenoxy) is 2. The second kappa shape index (κ2) is 8.48. The van der Waals surface area contributed by atoms with Gasteiger partial charge in [-0.15, -0.1) is 0 Å². The first-order valence-electron chi connectivity index (χ1n) is 10.3. The van der Waals surface area contributed by atoms with Crippen molar-refractivity contribution >= 4 is 6.09 Å². The Morgan fingerprint density at radius 1 is 1.22 bits per heavy atom. The maximum atomic E-state index is 12.3. The van der Waals surface area contributed by atoms with Crippen molar-refractivity contribution < 1.29 is 14.3 Å². The van der Waals surface area contributed by atoms with Crippen LogP contribution in [0.2, 0.25) is 0 Å². The second-order valence-corrected chi connectivity index (χ2v) is 8.15. The number of amides is 1. The smallest absolute Gasteiger partial charge is 0.410 e. The molecule has 1 N–H and O–H groups in total. The fraction of sp³-hybridized carbons (Fsp3) is 0.667. The molecule has 0 radical (unpaired) electrons. The zero-order chi connectivity index (χ0) is 18.5. The van der Waals surface area contributed by atoms with E-state index in [0.717, 1.165) is 44.1 Å². The highest BCUT2D eigenvalue weighted by molar-refractivity contribution is 5.70. The van der Waals surface area contributed by atoms with Crippen LogP contribution >= 0.6 is 0 Å². The van der Waals surface area contributed by atoms with Crippen LogP contribution in [0.15, 0.2) is 30.3 Å². The van der Waals surface area contributed by atoms with Crippen LogP contribution in [0, 0.1) is 5.92 Å². The van der Waals surface area contributed by atoms with Gasteiger partial charge in [-0.3, -0.25) is 0 Å². The van der Waals surface area contributed by atoms with Crippen molar-refractivity contribution in [2.24, 2.45) is 5.92 Å². The van der Waals surface area contributed by atoms with E-state index < -0.39 is 0 Å². The lowest BCUT2D eigenvalue weighted by molar-refractivity contribution is -0.00339. The molecule has 1 aromatic rings. The summed E-state index contributed by atoms with van der Waals surface area (Å²) in [6, 6.07) is 9.73. The summed E-state index contributed by atoms with van der Waals surface area (Å²) < 4.78 is 11.6. The molecule has 27 heavy (non-hydrogen) atoms. The number of carbonyl (C=O) groups excluding carboxylic acids is 1. The lowest BCUT2D eigenvalue weighted by Crippen LogP contribution is -2.49. The Kier molecular flexibility index (Phi) is 5.83. The Morgan fingerprint density at radius 2 is 2.04 bits per heavy atom. The van der Waals surface area contributed by atoms with Gasteiger partial charge in [0, 0.05) is 32.5 Å². The van der Waals surface area contributed by atoms with E-state index >= 15 is 0 Å². The number of nitrogens with one attached hydrogen (secondary N) is 1. The van der Waals surface area contributed by atoms with E-state index in [1.54, 1.807) is 0 Å². The fourth-order valence-electron chi connectivity index (χ4n) is 4.50. The Morgan fingerprint density at radius 3 is 2.78 bits per heavy atom. The number of nitrogens with zero attached hydrogens (tertiary/aromatic N) is 2. The molecule has 1 atom stereocenters. The molecule has 0 aliphatic carbocycles. The molecular weight excluding hydrogens is 342 g/mol. The van der Waals surface area contributed by atoms with Gasteiger partial charge in [0.2, 0.25) is 0 Å². The Bertz CT molecular complexity index is 610. The second-order valence-electron chi connectivity index (χ2n) is 8.15. The number of rotatable bonds is 6. The molecule has 4 rings (SSSR count). The summed E-state index contributed by atoms with van der Waals surface area (Å²) in [5, 5.41) is 3.50. The molecule has 148 valence electrons. The zero-order valence-corrected chi connectivity index (χ0v) is 16.1. The molecule has 6 heteroatoms. The molecule has 1 spiro atoms. The SMILES string of the molecule is O=C1OC2(CCN(CC3CCCNC3)CC2)CN1CCOc1ccccc1. The molecule has 3 aliphatic rings. The van der Waals surface area contributed by atoms with Crippen LogP contribution in [0.4, 0.5) is 4.79 Å². The molecule has 3 aliphatic heterocycles. The third-order valence-electron chi connectivity index (χ3n) is 6.10. The van der Waals surface area contributed by atoms with Crippen molar-refractivity contribution in [3.63, 3.8) is 0 Å². The predicted octanol–water partition coefficient (Wildman–Crippen LogP) is 2.35. The van der Waals surface area contributed by atoms with Crippen LogP contribution < -0.4 is 10.1 Å². The maximum absolute atomic E-state index is 12.3. The maximum Gasteiger partial charge on any atom is 0.410 e. The number of carbonyl (C=O) groups is 1. The first-order chi connectivity index (χ1) is 13.2. The van der Waals surface area contributed by atoms with Crippen LogP contribution in [0.3, 0.4) is 0 Å². The first kappa shape index (κ1) is 18.6. The van der Waals surface area contributed by atoms with Gasteiger partial charge in [-0.1, -0.05) is 18.2 Å². The highest BCUT2D eigenvalue weighted by Crippen LogP contribution is 2.33. The third kappa shape index (κ3) is 4.74. The van der Waals surface area contributed by atoms with Gasteiger partial charge in [0.05, 0.1) is 13.1 Å². The highest BCUT2D eigenvalue weighted by atomic mass is 16.6. The molecule has 1 amide bonds. The standard InChI is InChI=1S/C21H31N3O3/c25-20-24(13-14-26-19-6-2-1-3-7-19)17-21(27-20)8-11-23(12-9-21)16-18-5-4-10-22-15-18/h1-3,6-7,18,22H,4-5,8-17H2. The molecule has 1 aromatic carbocycles. The van der Waals surface area contributed by atoms with Crippen LogP contribution in [0.25, 0.3) is 0 Å². The van der Waals surface area contributed by atoms with Gasteiger partial charge < -0.3 is 24.6 Å². The normalized spacial score (nSPS) is 25.6. The number of piperidine rings is 2. The lowest BCUT2D eigenvalue weighted by atomic mass is 9.90. The average molecular weight is 373 g/mol. The predicted molar refractivity (Wildman–Crippen MR) is 104 cm³/mol. The monoisotopic (exact) mass is 373 g/mol. The van der Waals surface area contributed by atoms with E-state index in [0.29, 0.717) is 19.7 Å². The number of para-hydroxylation sites is 1. The van der Waals surface area contributed by atoms with E-state index in [2.05, 4.69) is 10.2 Å². The van der Waals surface area contributed by atoms with E-state index in [1.807, 2.05) is 35.2 Å². The largest absolute Gasteiger partial charge is 0.492 e. The van der Waals surface area contributed by atoms with Gasteiger partial charge in [0.15, 0.2) is 0 Å². The van der Waals surface area contributed by atoms with Crippen molar-refractivity contribution in [3.8, 4) is 5.75 Å². The van der Waals surface area contributed by atoms with Gasteiger partial charge in [-0.2, -0.15) is 0 Å². The van der Waals surface area contributed by atoms with Gasteiger partial charge >= 0.3 is 6.09 Å². The minimum atomic E-state index is -0.287. The fourth-order valence-corrected chi connectivity index (χ4v) is 4.50. The minimum absolute atomic E-state index is 0.184. The van der Waals surface area contributed by atoms with Gasteiger partial charge in [-0.25, -0.2) is 4.79 Å². The summed E-state index contributed by atoms with van der Waals surface area (Å²) in [4.78, 5) is 16.7. The van der Waals surface area contributed by atoms with E-state index in [9.17, 15) is 4.79 Å². The minimum Gasteiger partial charge on any atom is -0.492 e. The van der Waals surface area contributed by atoms with Crippen molar-refractivity contribution in [2.45, 2.75) is 31.3 Å². The average Bonchev–Trinajstić information content (AvgIpc) is 3.01. The van der Waals surface area contributed by atoms with Crippen LogP contribution in [0.5, 0.6) is 5.75 Å². The Balaban J connectivity index is 1.21. The van der Waals surface area contributed by atoms with Crippen molar-refractivity contribution in [1.29, 1.82) is 0 Å². The number of benzene rings is 1. The molecule has 3 fully saturated rings. The van der Waals surface area contributed by atoms with Crippen molar-refractivity contribution in [1.82, 2.24) is 15.1 Å². The van der Waals surface area contributed by atoms with Crippen molar-refractivity contribution in [2.75, 3.05) is 52.4 Å². The number of hydrogen-bond donors (Lipinski definition) is 1. The summed E-state index contributed by atoms with van der Waals surface area (Å²) in [6.07, 6.45) is 4.32. The van der Waals surface area contributed by atoms with E-state index in [-0.39, 0.29) is 11.7 Å². The molecule has 3 heterocycles. The topological polar surface area (TPSA) is 54.0 Å². The summed E-state index contributed by atoms with van der Waals surface area (Å²) >= 11 is 0. The van der Waals surface area contributed by atoms with Gasteiger partial charge in [0.1, 0.15) is 18.0 Å². The summed E-state index contributed by atoms with van der Waals surface area (Å²) in [7, 11) is 0. The molecule has 0 saturated carbocycles. The summed E-state index contributed by atoms with van der Waals surface area (Å²) in [6.45, 7) is 7.30. The van der Waals surface area contributed by atoms with Crippen LogP contribution in [0.1, 0.15) is 25.7 Å². The lowest BCUT2D eigenvalue weighted by Gasteiger charge is -2.39. The molecule has 0 aromatic heterocycles. The van der Waals surface area contributed by atoms with E-state index in [1.165, 1.54) is 25.9 Å². The molecular formula is C21H31N3O3. The third-order valence-corrected chi connectivity index (χ3v) is 6.10. The molecule has 6 nitrogen and oxygen atoms in total. The van der Waals surface area contributed by atoms with Gasteiger partial charge in [-0.05, 0) is 44.0 Å². The zero-order valence-electron chi connectivity index (χ0n) is 16.1. The number of likely N-dealkylation sites (tertiary alicyclic amines) is 1. The highest BCUT2D eigenvalue weighted by Gasteiger charge is 2.46. The van der Waals surface area contributed by atoms with E-state index in [4.69, 9.17) is 9.47 Å². The summed E-state index contributed by atoms with van der Waals surface area (Å²) in [5.74, 6) is 1.61. The van der Waals surface area contributed by atoms with Crippen LogP contribution in [-0.4, -0.2) is 73.9 Å². The quantitative estimate of drug-likeness (QED) is 0.830. The Labute approximate surface area is 161 Å². The molecule has 3 saturated heterocycles. The van der Waals surface area contributed by atoms with Gasteiger partial charge in [0.25, 0.3) is 0 Å². The first-order valence-corrected chi connectivity index (χ1v) is 10.3. The Hall–Kier alpha value is -1.79. The molecule has 0 bridgehead atoms. The summed E-state index contributed by atoms with van der Waals surface area (Å²) in [5.41, 5.74) is -0.287.